The monoisotopic (exact) mass is 297 g/mol. The molecular weight excluding hydrogens is 274 g/mol. The van der Waals surface area contributed by atoms with E-state index >= 15 is 0 Å². The summed E-state index contributed by atoms with van der Waals surface area (Å²) in [5.74, 6) is 1.11. The van der Waals surface area contributed by atoms with E-state index in [0.717, 1.165) is 44.5 Å². The first kappa shape index (κ1) is 14.9. The second-order valence-electron chi connectivity index (χ2n) is 5.86. The van der Waals surface area contributed by atoms with Gasteiger partial charge in [-0.25, -0.2) is 0 Å². The number of hydrogen-bond acceptors (Lipinski definition) is 3. The molecule has 3 rings (SSSR count). The van der Waals surface area contributed by atoms with Crippen LogP contribution in [0.15, 0.2) is 48.5 Å². The second-order valence-corrected chi connectivity index (χ2v) is 5.86. The molecule has 2 aromatic rings. The Balaban J connectivity index is 1.38. The quantitative estimate of drug-likeness (QED) is 0.804. The van der Waals surface area contributed by atoms with Crippen LogP contribution in [0.2, 0.25) is 0 Å². The van der Waals surface area contributed by atoms with Gasteiger partial charge in [-0.05, 0) is 49.4 Å². The Labute approximate surface area is 131 Å². The Bertz CT molecular complexity index is 598. The number of nitrogens with one attached hydrogen (secondary N) is 1. The SMILES string of the molecule is Oc1ccc2c(c1)OC(CNCCCc1ccccc1)CC2. The van der Waals surface area contributed by atoms with Gasteiger partial charge in [0, 0.05) is 12.6 Å². The van der Waals surface area contributed by atoms with E-state index in [1.807, 2.05) is 6.07 Å². The highest BCUT2D eigenvalue weighted by Crippen LogP contribution is 2.30. The number of phenolic OH excluding ortho intramolecular Hbond substituents is 1. The molecule has 2 aromatic carbocycles. The van der Waals surface area contributed by atoms with Crippen molar-refractivity contribution in [3.05, 3.63) is 59.7 Å². The van der Waals surface area contributed by atoms with Crippen LogP contribution in [0.5, 0.6) is 11.5 Å². The standard InChI is InChI=1S/C19H23NO2/c21-17-10-8-16-9-11-18(22-19(16)13-17)14-20-12-4-7-15-5-2-1-3-6-15/h1-3,5-6,8,10,13,18,20-21H,4,7,9,11-12,14H2. The van der Waals surface area contributed by atoms with E-state index in [2.05, 4.69) is 35.6 Å². The molecule has 0 aromatic heterocycles. The minimum atomic E-state index is 0.200. The highest BCUT2D eigenvalue weighted by Gasteiger charge is 2.19. The van der Waals surface area contributed by atoms with Crippen molar-refractivity contribution < 1.29 is 9.84 Å². The van der Waals surface area contributed by atoms with Gasteiger partial charge in [-0.3, -0.25) is 0 Å². The van der Waals surface area contributed by atoms with Gasteiger partial charge in [0.15, 0.2) is 0 Å². The van der Waals surface area contributed by atoms with Crippen molar-refractivity contribution in [2.24, 2.45) is 0 Å². The molecule has 0 spiro atoms. The van der Waals surface area contributed by atoms with Gasteiger partial charge in [-0.1, -0.05) is 36.4 Å². The van der Waals surface area contributed by atoms with Gasteiger partial charge in [-0.2, -0.15) is 0 Å². The van der Waals surface area contributed by atoms with E-state index in [0.29, 0.717) is 0 Å². The number of ether oxygens (including phenoxy) is 1. The number of aromatic hydroxyl groups is 1. The van der Waals surface area contributed by atoms with Crippen LogP contribution in [0.1, 0.15) is 24.0 Å². The Kier molecular flexibility index (Phi) is 4.96. The Morgan fingerprint density at radius 1 is 1.14 bits per heavy atom. The maximum Gasteiger partial charge on any atom is 0.126 e. The van der Waals surface area contributed by atoms with Crippen LogP contribution in [-0.4, -0.2) is 24.3 Å². The van der Waals surface area contributed by atoms with Gasteiger partial charge < -0.3 is 15.2 Å². The van der Waals surface area contributed by atoms with Gasteiger partial charge >= 0.3 is 0 Å². The van der Waals surface area contributed by atoms with Gasteiger partial charge in [0.05, 0.1) is 0 Å². The smallest absolute Gasteiger partial charge is 0.126 e. The third-order valence-corrected chi connectivity index (χ3v) is 4.11. The van der Waals surface area contributed by atoms with Crippen LogP contribution >= 0.6 is 0 Å². The van der Waals surface area contributed by atoms with Crippen molar-refractivity contribution >= 4 is 0 Å². The molecule has 3 nitrogen and oxygen atoms in total. The molecular formula is C19H23NO2. The van der Waals surface area contributed by atoms with Crippen LogP contribution < -0.4 is 10.1 Å². The summed E-state index contributed by atoms with van der Waals surface area (Å²) in [6.45, 7) is 1.87. The van der Waals surface area contributed by atoms with E-state index in [4.69, 9.17) is 4.74 Å². The van der Waals surface area contributed by atoms with Gasteiger partial charge in [0.2, 0.25) is 0 Å². The summed E-state index contributed by atoms with van der Waals surface area (Å²) in [7, 11) is 0. The van der Waals surface area contributed by atoms with Crippen molar-refractivity contribution in [2.75, 3.05) is 13.1 Å². The molecule has 3 heteroatoms. The molecule has 2 N–H and O–H groups in total. The lowest BCUT2D eigenvalue weighted by molar-refractivity contribution is 0.170. The van der Waals surface area contributed by atoms with Crippen LogP contribution in [0.3, 0.4) is 0 Å². The number of aryl methyl sites for hydroxylation is 2. The summed E-state index contributed by atoms with van der Waals surface area (Å²) in [5.41, 5.74) is 2.58. The highest BCUT2D eigenvalue weighted by molar-refractivity contribution is 5.41. The summed E-state index contributed by atoms with van der Waals surface area (Å²) in [6.07, 6.45) is 4.49. The van der Waals surface area contributed by atoms with E-state index in [-0.39, 0.29) is 11.9 Å². The second kappa shape index (κ2) is 7.32. The van der Waals surface area contributed by atoms with Crippen molar-refractivity contribution in [1.82, 2.24) is 5.32 Å². The van der Waals surface area contributed by atoms with Crippen molar-refractivity contribution in [3.8, 4) is 11.5 Å². The molecule has 0 bridgehead atoms. The summed E-state index contributed by atoms with van der Waals surface area (Å²) >= 11 is 0. The number of rotatable bonds is 6. The third kappa shape index (κ3) is 4.01. The molecule has 1 aliphatic heterocycles. The predicted octanol–water partition coefficient (Wildman–Crippen LogP) is 3.31. The average molecular weight is 297 g/mol. The zero-order valence-electron chi connectivity index (χ0n) is 12.8. The lowest BCUT2D eigenvalue weighted by atomic mass is 10.0. The first-order valence-electron chi connectivity index (χ1n) is 8.04. The Morgan fingerprint density at radius 3 is 2.86 bits per heavy atom. The minimum absolute atomic E-state index is 0.200. The van der Waals surface area contributed by atoms with Crippen LogP contribution in [-0.2, 0) is 12.8 Å². The van der Waals surface area contributed by atoms with Crippen molar-refractivity contribution in [1.29, 1.82) is 0 Å². The van der Waals surface area contributed by atoms with Gasteiger partial charge in [0.25, 0.3) is 0 Å². The van der Waals surface area contributed by atoms with Crippen molar-refractivity contribution in [2.45, 2.75) is 31.8 Å². The zero-order chi connectivity index (χ0) is 15.2. The molecule has 1 aliphatic rings. The Morgan fingerprint density at radius 2 is 2.00 bits per heavy atom. The first-order valence-corrected chi connectivity index (χ1v) is 8.04. The topological polar surface area (TPSA) is 41.5 Å². The lowest BCUT2D eigenvalue weighted by Gasteiger charge is -2.26. The Hall–Kier alpha value is -2.00. The molecule has 22 heavy (non-hydrogen) atoms. The average Bonchev–Trinajstić information content (AvgIpc) is 2.55. The summed E-state index contributed by atoms with van der Waals surface area (Å²) in [6, 6.07) is 16.0. The van der Waals surface area contributed by atoms with Crippen LogP contribution in [0.25, 0.3) is 0 Å². The summed E-state index contributed by atoms with van der Waals surface area (Å²) in [4.78, 5) is 0. The van der Waals surface area contributed by atoms with Crippen LogP contribution in [0, 0.1) is 0 Å². The maximum atomic E-state index is 9.53. The number of phenols is 1. The molecule has 0 saturated heterocycles. The molecule has 0 fully saturated rings. The van der Waals surface area contributed by atoms with E-state index in [1.54, 1.807) is 12.1 Å². The van der Waals surface area contributed by atoms with Gasteiger partial charge in [-0.15, -0.1) is 0 Å². The predicted molar refractivity (Wildman–Crippen MR) is 88.5 cm³/mol. The first-order chi connectivity index (χ1) is 10.8. The molecule has 1 heterocycles. The molecule has 0 radical (unpaired) electrons. The fourth-order valence-electron chi connectivity index (χ4n) is 2.88. The third-order valence-electron chi connectivity index (χ3n) is 4.11. The van der Waals surface area contributed by atoms with Crippen LogP contribution in [0.4, 0.5) is 0 Å². The van der Waals surface area contributed by atoms with Gasteiger partial charge in [0.1, 0.15) is 17.6 Å². The number of hydrogen-bond donors (Lipinski definition) is 2. The molecule has 1 atom stereocenters. The van der Waals surface area contributed by atoms with E-state index in [1.165, 1.54) is 11.1 Å². The zero-order valence-corrected chi connectivity index (χ0v) is 12.8. The lowest BCUT2D eigenvalue weighted by Crippen LogP contribution is -2.34. The normalized spacial score (nSPS) is 16.8. The number of fused-ring (bicyclic) bond motifs is 1. The van der Waals surface area contributed by atoms with Crippen molar-refractivity contribution in [3.63, 3.8) is 0 Å². The number of benzene rings is 2. The minimum Gasteiger partial charge on any atom is -0.508 e. The largest absolute Gasteiger partial charge is 0.508 e. The molecule has 116 valence electrons. The summed E-state index contributed by atoms with van der Waals surface area (Å²) < 4.78 is 5.96. The molecule has 0 aliphatic carbocycles. The molecule has 0 saturated carbocycles. The molecule has 1 unspecified atom stereocenters. The van der Waals surface area contributed by atoms with E-state index < -0.39 is 0 Å². The fourth-order valence-corrected chi connectivity index (χ4v) is 2.88. The molecule has 0 amide bonds. The summed E-state index contributed by atoms with van der Waals surface area (Å²) in [5, 5.41) is 13.0. The maximum absolute atomic E-state index is 9.53. The van der Waals surface area contributed by atoms with E-state index in [9.17, 15) is 5.11 Å². The highest BCUT2D eigenvalue weighted by atomic mass is 16.5. The fraction of sp³-hybridized carbons (Fsp3) is 0.368.